The Labute approximate surface area is 199 Å². The fraction of sp³-hybridized carbons (Fsp3) is 0.226. The van der Waals surface area contributed by atoms with Crippen LogP contribution in [-0.2, 0) is 24.4 Å². The van der Waals surface area contributed by atoms with Gasteiger partial charge in [0.15, 0.2) is 0 Å². The van der Waals surface area contributed by atoms with Crippen molar-refractivity contribution in [3.8, 4) is 11.1 Å². The van der Waals surface area contributed by atoms with Crippen molar-refractivity contribution < 1.29 is 13.2 Å². The van der Waals surface area contributed by atoms with Crippen LogP contribution in [0, 0.1) is 20.8 Å². The Morgan fingerprint density at radius 3 is 1.41 bits per heavy atom. The van der Waals surface area contributed by atoms with Gasteiger partial charge < -0.3 is 0 Å². The Morgan fingerprint density at radius 2 is 0.971 bits per heavy atom. The third-order valence-electron chi connectivity index (χ3n) is 7.09. The normalized spacial score (nSPS) is 14.1. The number of rotatable bonds is 4. The minimum absolute atomic E-state index is 0.363. The molecule has 3 heteroatoms. The lowest BCUT2D eigenvalue weighted by Crippen LogP contribution is -2.31. The maximum atomic E-state index is 13.2. The van der Waals surface area contributed by atoms with E-state index in [9.17, 15) is 13.2 Å². The molecule has 0 fully saturated rings. The van der Waals surface area contributed by atoms with Crippen molar-refractivity contribution in [1.82, 2.24) is 0 Å². The molecule has 0 spiro atoms. The van der Waals surface area contributed by atoms with Gasteiger partial charge in [-0.1, -0.05) is 89.5 Å². The zero-order chi connectivity index (χ0) is 24.1. The van der Waals surface area contributed by atoms with E-state index in [1.54, 1.807) is 12.1 Å². The minimum Gasteiger partial charge on any atom is -0.166 e. The van der Waals surface area contributed by atoms with Crippen molar-refractivity contribution in [2.45, 2.75) is 45.2 Å². The fourth-order valence-electron chi connectivity index (χ4n) is 5.38. The number of hydrogen-bond donors (Lipinski definition) is 0. The molecule has 0 aromatic heterocycles. The molecule has 0 heterocycles. The first-order valence-electron chi connectivity index (χ1n) is 11.6. The summed E-state index contributed by atoms with van der Waals surface area (Å²) in [6, 6.07) is 27.5. The molecule has 0 aliphatic heterocycles. The van der Waals surface area contributed by atoms with Gasteiger partial charge in [-0.15, -0.1) is 0 Å². The van der Waals surface area contributed by atoms with Crippen LogP contribution in [0.15, 0.2) is 84.9 Å². The highest BCUT2D eigenvalue weighted by molar-refractivity contribution is 5.82. The first-order chi connectivity index (χ1) is 16.2. The molecule has 0 unspecified atom stereocenters. The van der Waals surface area contributed by atoms with Crippen molar-refractivity contribution >= 4 is 0 Å². The molecule has 172 valence electrons. The summed E-state index contributed by atoms with van der Waals surface area (Å²) in [5.74, 6) is 0. The van der Waals surface area contributed by atoms with E-state index in [1.165, 1.54) is 56.6 Å². The molecule has 1 aliphatic rings. The molecule has 4 aromatic carbocycles. The Hall–Kier alpha value is -3.33. The second-order valence-corrected chi connectivity index (χ2v) is 9.71. The van der Waals surface area contributed by atoms with Crippen molar-refractivity contribution in [2.24, 2.45) is 0 Å². The van der Waals surface area contributed by atoms with E-state index >= 15 is 0 Å². The van der Waals surface area contributed by atoms with E-state index in [2.05, 4.69) is 81.4 Å². The molecule has 1 aliphatic carbocycles. The molecule has 0 nitrogen and oxygen atoms in total. The van der Waals surface area contributed by atoms with Crippen LogP contribution in [0.25, 0.3) is 11.1 Å². The predicted octanol–water partition coefficient (Wildman–Crippen LogP) is 8.38. The first-order valence-corrected chi connectivity index (χ1v) is 11.6. The molecule has 0 radical (unpaired) electrons. The molecule has 0 saturated heterocycles. The molecule has 0 saturated carbocycles. The molecule has 5 rings (SSSR count). The average molecular weight is 457 g/mol. The largest absolute Gasteiger partial charge is 0.416 e. The van der Waals surface area contributed by atoms with Gasteiger partial charge in [-0.05, 0) is 79.1 Å². The van der Waals surface area contributed by atoms with Crippen LogP contribution in [0.5, 0.6) is 0 Å². The van der Waals surface area contributed by atoms with Crippen LogP contribution in [-0.4, -0.2) is 0 Å². The van der Waals surface area contributed by atoms with Crippen LogP contribution in [0.4, 0.5) is 13.2 Å². The number of benzene rings is 4. The van der Waals surface area contributed by atoms with E-state index in [4.69, 9.17) is 0 Å². The van der Waals surface area contributed by atoms with Crippen molar-refractivity contribution in [3.63, 3.8) is 0 Å². The summed E-state index contributed by atoms with van der Waals surface area (Å²) in [5.41, 5.74) is 9.69. The summed E-state index contributed by atoms with van der Waals surface area (Å²) < 4.78 is 39.6. The molecule has 0 atom stereocenters. The highest BCUT2D eigenvalue weighted by atomic mass is 19.4. The van der Waals surface area contributed by atoms with E-state index < -0.39 is 11.7 Å². The van der Waals surface area contributed by atoms with Crippen LogP contribution < -0.4 is 0 Å². The highest BCUT2D eigenvalue weighted by Crippen LogP contribution is 2.53. The van der Waals surface area contributed by atoms with E-state index in [0.29, 0.717) is 6.42 Å². The zero-order valence-corrected chi connectivity index (χ0v) is 19.6. The zero-order valence-electron chi connectivity index (χ0n) is 19.6. The van der Waals surface area contributed by atoms with Gasteiger partial charge in [0.1, 0.15) is 0 Å². The van der Waals surface area contributed by atoms with E-state index in [0.717, 1.165) is 12.0 Å². The minimum atomic E-state index is -4.33. The third kappa shape index (κ3) is 3.94. The summed E-state index contributed by atoms with van der Waals surface area (Å²) >= 11 is 0. The Balaban J connectivity index is 1.71. The summed E-state index contributed by atoms with van der Waals surface area (Å²) in [7, 11) is 0. The number of alkyl halides is 3. The Kier molecular flexibility index (Phi) is 5.39. The molecule has 0 amide bonds. The van der Waals surface area contributed by atoms with Crippen molar-refractivity contribution in [3.05, 3.63) is 129 Å². The number of aryl methyl sites for hydroxylation is 3. The number of fused-ring (bicyclic) bond motifs is 3. The second-order valence-electron chi connectivity index (χ2n) is 9.71. The van der Waals surface area contributed by atoms with Crippen molar-refractivity contribution in [2.75, 3.05) is 0 Å². The Bertz CT molecular complexity index is 1290. The first kappa shape index (κ1) is 22.5. The summed E-state index contributed by atoms with van der Waals surface area (Å²) in [6.07, 6.45) is -2.92. The number of halogens is 3. The second kappa shape index (κ2) is 8.16. The summed E-state index contributed by atoms with van der Waals surface area (Å²) in [6.45, 7) is 6.28. The quantitative estimate of drug-likeness (QED) is 0.289. The standard InChI is InChI=1S/C31H27F3/c1-20-4-8-23(9-5-20)18-30(19-24-10-12-25(13-11-24)31(32,33)34)28-16-21(2)6-14-26(28)27-15-7-22(3)17-29(27)30/h4-17H,18-19H2,1-3H3. The van der Waals surface area contributed by atoms with Gasteiger partial charge >= 0.3 is 6.18 Å². The van der Waals surface area contributed by atoms with E-state index in [1.807, 2.05) is 0 Å². The average Bonchev–Trinajstić information content (AvgIpc) is 3.03. The van der Waals surface area contributed by atoms with Crippen LogP contribution in [0.1, 0.15) is 44.5 Å². The molecule has 0 bridgehead atoms. The maximum absolute atomic E-state index is 13.2. The topological polar surface area (TPSA) is 0 Å². The smallest absolute Gasteiger partial charge is 0.166 e. The fourth-order valence-corrected chi connectivity index (χ4v) is 5.38. The molecular weight excluding hydrogens is 429 g/mol. The molecule has 34 heavy (non-hydrogen) atoms. The van der Waals surface area contributed by atoms with Crippen molar-refractivity contribution in [1.29, 1.82) is 0 Å². The van der Waals surface area contributed by atoms with Gasteiger partial charge in [0.2, 0.25) is 0 Å². The van der Waals surface area contributed by atoms with Gasteiger partial charge in [0.25, 0.3) is 0 Å². The third-order valence-corrected chi connectivity index (χ3v) is 7.09. The lowest BCUT2D eigenvalue weighted by molar-refractivity contribution is -0.137. The monoisotopic (exact) mass is 456 g/mol. The summed E-state index contributed by atoms with van der Waals surface area (Å²) in [5, 5.41) is 0. The predicted molar refractivity (Wildman–Crippen MR) is 132 cm³/mol. The lowest BCUT2D eigenvalue weighted by Gasteiger charge is -2.33. The SMILES string of the molecule is Cc1ccc(CC2(Cc3ccc(C(F)(F)F)cc3)c3cc(C)ccc3-c3ccc(C)cc32)cc1. The number of hydrogen-bond acceptors (Lipinski definition) is 0. The van der Waals surface area contributed by atoms with Crippen LogP contribution in [0.2, 0.25) is 0 Å². The van der Waals surface area contributed by atoms with E-state index in [-0.39, 0.29) is 5.41 Å². The van der Waals surface area contributed by atoms with Crippen LogP contribution >= 0.6 is 0 Å². The van der Waals surface area contributed by atoms with Gasteiger partial charge in [-0.25, -0.2) is 0 Å². The highest BCUT2D eigenvalue weighted by Gasteiger charge is 2.43. The maximum Gasteiger partial charge on any atom is 0.416 e. The van der Waals surface area contributed by atoms with Gasteiger partial charge in [0.05, 0.1) is 5.56 Å². The van der Waals surface area contributed by atoms with Gasteiger partial charge in [-0.2, -0.15) is 13.2 Å². The summed E-state index contributed by atoms with van der Waals surface area (Å²) in [4.78, 5) is 0. The Morgan fingerprint density at radius 1 is 0.559 bits per heavy atom. The molecule has 4 aromatic rings. The van der Waals surface area contributed by atoms with Crippen LogP contribution in [0.3, 0.4) is 0 Å². The molecular formula is C31H27F3. The van der Waals surface area contributed by atoms with Gasteiger partial charge in [-0.3, -0.25) is 0 Å². The van der Waals surface area contributed by atoms with Gasteiger partial charge in [0, 0.05) is 5.41 Å². The molecule has 0 N–H and O–H groups in total. The lowest BCUT2D eigenvalue weighted by atomic mass is 9.69.